The molecule has 8 nitrogen and oxygen atoms in total. The van der Waals surface area contributed by atoms with E-state index in [0.717, 1.165) is 22.7 Å². The quantitative estimate of drug-likeness (QED) is 0.161. The van der Waals surface area contributed by atoms with Crippen molar-refractivity contribution in [1.29, 1.82) is 0 Å². The second-order valence-electron chi connectivity index (χ2n) is 24.4. The first-order valence-corrected chi connectivity index (χ1v) is 29.6. The van der Waals surface area contributed by atoms with Crippen LogP contribution in [0.25, 0.3) is 33.0 Å². The zero-order valence-electron chi connectivity index (χ0n) is 52.7. The molecule has 90 heavy (non-hydrogen) atoms. The van der Waals surface area contributed by atoms with Crippen molar-refractivity contribution >= 4 is 67.6 Å². The summed E-state index contributed by atoms with van der Waals surface area (Å²) in [4.78, 5) is 17.3. The Balaban J connectivity index is 0.000000141. The third kappa shape index (κ3) is 12.4. The predicted molar refractivity (Wildman–Crippen MR) is 360 cm³/mol. The molecular weight excluding hydrogens is 1820 g/mol. The normalized spacial score (nSPS) is 15.0. The minimum atomic E-state index is 0. The zero-order chi connectivity index (χ0) is 59.8. The Morgan fingerprint density at radius 2 is 0.722 bits per heavy atom. The van der Waals surface area contributed by atoms with Crippen LogP contribution in [-0.4, -0.2) is 33.1 Å². The number of para-hydroxylation sites is 4. The van der Waals surface area contributed by atoms with Crippen molar-refractivity contribution in [3.05, 3.63) is 290 Å². The first-order chi connectivity index (χ1) is 41.4. The van der Waals surface area contributed by atoms with Crippen LogP contribution in [0.3, 0.4) is 0 Å². The molecule has 0 aromatic heterocycles. The van der Waals surface area contributed by atoms with Gasteiger partial charge in [0.25, 0.3) is 0 Å². The Hall–Kier alpha value is -6.80. The Kier molecular flexibility index (Phi) is 20.4. The molecule has 0 atom stereocenters. The summed E-state index contributed by atoms with van der Waals surface area (Å²) in [6.07, 6.45) is 4.11. The van der Waals surface area contributed by atoms with Gasteiger partial charge in [0.2, 0.25) is 0 Å². The molecule has 2 aliphatic carbocycles. The number of hydrogen-bond acceptors (Lipinski definition) is 8. The average Bonchev–Trinajstić information content (AvgIpc) is 2.93. The Bertz CT molecular complexity index is 4290. The van der Waals surface area contributed by atoms with E-state index in [1.807, 2.05) is 18.1 Å². The Morgan fingerprint density at radius 3 is 1.26 bits per heavy atom. The van der Waals surface area contributed by atoms with Crippen LogP contribution in [0.1, 0.15) is 72.2 Å². The molecule has 6 aliphatic rings. The van der Waals surface area contributed by atoms with E-state index in [4.69, 9.17) is 0 Å². The monoisotopic (exact) mass is 1890 g/mol. The van der Waals surface area contributed by atoms with Gasteiger partial charge in [-0.25, -0.2) is 0 Å². The molecule has 12 heteroatoms. The van der Waals surface area contributed by atoms with Crippen molar-refractivity contribution in [1.82, 2.24) is 4.90 Å². The van der Waals surface area contributed by atoms with Crippen LogP contribution in [0, 0.1) is 78.6 Å². The zero-order valence-corrected chi connectivity index (χ0v) is 62.3. The summed E-state index contributed by atoms with van der Waals surface area (Å²) in [6, 6.07) is 78.3. The maximum absolute atomic E-state index is 3.52. The third-order valence-electron chi connectivity index (χ3n) is 18.0. The van der Waals surface area contributed by atoms with Gasteiger partial charge in [0.05, 0.1) is 0 Å². The largest absolute Gasteiger partial charge is 0.510 e. The molecule has 4 radical (unpaired) electrons. The molecule has 0 fully saturated rings. The standard InChI is InChI=1S/C23H20N2.C19H18N2.C18H14N2.C18H20N2.4Ir/c1-23(2)19-9-5-4-8-17(19)18-13-12-16(14-20(18)23)25-15-24(3)21-10-6-7-11-22(21)25;1-19(2)17-7-5-4-6-15(17)16-9-8-14(12-18(16)19)21-11-10-20(3)13-21;1-19-13-20(18-9-5-4-8-17(18)19)16-11-10-14-6-2-3-7-15(14)12-16;1-12-6-7-16(8-13(12)2)20-11-19(5)17-9-14(3)15(4)10-18(17)20;;;;/h4-11,13-15H,1-3H3;4-7,9-13H,1-3H3;2-10,12-13H,1H3;6,8-11H,1-5H3;;;;/q4*-2;;;;. The van der Waals surface area contributed by atoms with Crippen LogP contribution in [0.15, 0.2) is 194 Å². The summed E-state index contributed by atoms with van der Waals surface area (Å²) < 4.78 is 0. The van der Waals surface area contributed by atoms with Crippen molar-refractivity contribution in [3.8, 4) is 22.3 Å². The van der Waals surface area contributed by atoms with E-state index < -0.39 is 0 Å². The molecule has 0 spiro atoms. The van der Waals surface area contributed by atoms with E-state index in [9.17, 15) is 0 Å². The Morgan fingerprint density at radius 1 is 0.322 bits per heavy atom. The van der Waals surface area contributed by atoms with E-state index in [1.165, 1.54) is 112 Å². The van der Waals surface area contributed by atoms with Crippen molar-refractivity contribution < 1.29 is 80.4 Å². The number of nitrogens with zero attached hydrogens (tertiary/aromatic N) is 8. The topological polar surface area (TPSA) is 25.9 Å². The summed E-state index contributed by atoms with van der Waals surface area (Å²) in [5.74, 6) is 0. The summed E-state index contributed by atoms with van der Waals surface area (Å²) >= 11 is 0. The third-order valence-corrected chi connectivity index (χ3v) is 18.0. The molecular formula is C78H72Ir4N8-8. The number of benzene rings is 10. The second-order valence-corrected chi connectivity index (χ2v) is 24.4. The molecule has 0 N–H and O–H groups in total. The molecule has 0 saturated carbocycles. The first-order valence-electron chi connectivity index (χ1n) is 29.6. The molecule has 0 bridgehead atoms. The number of aryl methyl sites for hydroxylation is 4. The predicted octanol–water partition coefficient (Wildman–Crippen LogP) is 18.4. The van der Waals surface area contributed by atoms with Gasteiger partial charge >= 0.3 is 0 Å². The van der Waals surface area contributed by atoms with Crippen LogP contribution >= 0.6 is 0 Å². The van der Waals surface area contributed by atoms with Gasteiger partial charge in [-0.1, -0.05) is 144 Å². The van der Waals surface area contributed by atoms with Gasteiger partial charge in [-0.3, -0.25) is 0 Å². The molecule has 0 saturated heterocycles. The van der Waals surface area contributed by atoms with Crippen molar-refractivity contribution in [2.45, 2.75) is 66.2 Å². The fraction of sp³-hybridized carbons (Fsp3) is 0.179. The number of hydrogen-bond donors (Lipinski definition) is 0. The average molecular weight is 1890 g/mol. The van der Waals surface area contributed by atoms with Crippen LogP contribution in [0.5, 0.6) is 0 Å². The van der Waals surface area contributed by atoms with Crippen LogP contribution in [0.4, 0.5) is 56.9 Å². The SMILES string of the molecule is CN1C=CN(c2[c-]cc3c(c2)C(C)(C)c2ccccc2-3)[CH-]1.CN1[CH-]N(c2[c-]cc3c(c2)C(C)(C)c2ccccc2-3)c2ccccc21.CN1[CH-]N(c2[c-]cc3ccccc3c2)c2ccccc21.Cc1c[c-]c(N2[CH-]N(C)c3cc(C)c(C)cc32)cc1C.[Ir].[Ir].[Ir].[Ir]. The minimum Gasteiger partial charge on any atom is -0.510 e. The summed E-state index contributed by atoms with van der Waals surface area (Å²) in [5.41, 5.74) is 27.8. The first kappa shape index (κ1) is 67.6. The van der Waals surface area contributed by atoms with Gasteiger partial charge in [0, 0.05) is 115 Å². The molecule has 4 heterocycles. The Labute approximate surface area is 588 Å². The van der Waals surface area contributed by atoms with Gasteiger partial charge < -0.3 is 39.2 Å². The van der Waals surface area contributed by atoms with Crippen molar-refractivity contribution in [2.24, 2.45) is 0 Å². The smallest absolute Gasteiger partial charge is 0.0329 e. The van der Waals surface area contributed by atoms with Crippen LogP contribution < -0.4 is 34.3 Å². The van der Waals surface area contributed by atoms with Gasteiger partial charge in [0.1, 0.15) is 0 Å². The van der Waals surface area contributed by atoms with E-state index in [-0.39, 0.29) is 91.3 Å². The van der Waals surface area contributed by atoms with Crippen LogP contribution in [-0.2, 0) is 91.3 Å². The van der Waals surface area contributed by atoms with Crippen molar-refractivity contribution in [2.75, 3.05) is 62.5 Å². The van der Waals surface area contributed by atoms with E-state index in [0.29, 0.717) is 0 Å². The number of anilines is 10. The fourth-order valence-electron chi connectivity index (χ4n) is 12.8. The maximum atomic E-state index is 3.52. The summed E-state index contributed by atoms with van der Waals surface area (Å²) in [6.45, 7) is 26.3. The van der Waals surface area contributed by atoms with E-state index in [1.54, 1.807) is 0 Å². The molecule has 10 aromatic carbocycles. The van der Waals surface area contributed by atoms with Gasteiger partial charge in [-0.05, 0) is 124 Å². The van der Waals surface area contributed by atoms with Gasteiger partial charge in [0.15, 0.2) is 0 Å². The number of rotatable bonds is 4. The van der Waals surface area contributed by atoms with E-state index in [2.05, 4.69) is 350 Å². The van der Waals surface area contributed by atoms with Crippen molar-refractivity contribution in [3.63, 3.8) is 0 Å². The molecule has 10 aromatic rings. The van der Waals surface area contributed by atoms with Gasteiger partial charge in [-0.15, -0.1) is 86.1 Å². The fourth-order valence-corrected chi connectivity index (χ4v) is 12.8. The maximum Gasteiger partial charge on any atom is 0.0329 e. The second kappa shape index (κ2) is 27.2. The summed E-state index contributed by atoms with van der Waals surface area (Å²) in [5, 5.41) is 2.46. The van der Waals surface area contributed by atoms with Gasteiger partial charge in [-0.2, -0.15) is 86.3 Å². The molecule has 4 aliphatic heterocycles. The molecule has 16 rings (SSSR count). The molecule has 0 unspecified atom stereocenters. The summed E-state index contributed by atoms with van der Waals surface area (Å²) in [7, 11) is 8.28. The van der Waals surface area contributed by atoms with Crippen LogP contribution in [0.2, 0.25) is 0 Å². The molecule has 468 valence electrons. The van der Waals surface area contributed by atoms with E-state index >= 15 is 0 Å². The number of fused-ring (bicyclic) bond motifs is 10. The minimum absolute atomic E-state index is 0. The molecule has 0 amide bonds.